The molecule has 1 amide bonds. The Bertz CT molecular complexity index is 827. The van der Waals surface area contributed by atoms with Gasteiger partial charge in [0.05, 0.1) is 0 Å². The minimum Gasteiger partial charge on any atom is -0.355 e. The summed E-state index contributed by atoms with van der Waals surface area (Å²) in [6.45, 7) is 5.88. The number of nitrogens with two attached hydrogens (primary N) is 1. The fourth-order valence-corrected chi connectivity index (χ4v) is 5.00. The normalized spacial score (nSPS) is 20.3. The monoisotopic (exact) mass is 392 g/mol. The first kappa shape index (κ1) is 19.8. The average molecular weight is 393 g/mol. The van der Waals surface area contributed by atoms with Gasteiger partial charge in [0.15, 0.2) is 5.84 Å². The Morgan fingerprint density at radius 1 is 1.30 bits per heavy atom. The van der Waals surface area contributed by atoms with Crippen molar-refractivity contribution in [2.24, 2.45) is 22.0 Å². The van der Waals surface area contributed by atoms with Crippen molar-refractivity contribution < 1.29 is 13.2 Å². The van der Waals surface area contributed by atoms with Gasteiger partial charge in [0.1, 0.15) is 4.90 Å². The fourth-order valence-electron chi connectivity index (χ4n) is 3.77. The molecule has 0 saturated carbocycles. The lowest BCUT2D eigenvalue weighted by Crippen LogP contribution is -2.47. The van der Waals surface area contributed by atoms with Crippen LogP contribution in [0.1, 0.15) is 38.7 Å². The van der Waals surface area contributed by atoms with E-state index in [0.29, 0.717) is 49.8 Å². The van der Waals surface area contributed by atoms with Crippen molar-refractivity contribution >= 4 is 21.8 Å². The molecule has 0 spiro atoms. The first-order valence-corrected chi connectivity index (χ1v) is 11.0. The molecule has 2 aliphatic heterocycles. The number of amides is 1. The number of piperidine rings is 1. The van der Waals surface area contributed by atoms with Gasteiger partial charge in [-0.05, 0) is 37.3 Å². The topological polar surface area (TPSA) is 105 Å². The molecule has 1 atom stereocenters. The minimum absolute atomic E-state index is 0.00626. The third-order valence-electron chi connectivity index (χ3n) is 5.16. The molecule has 148 valence electrons. The Labute approximate surface area is 161 Å². The molecular weight excluding hydrogens is 364 g/mol. The van der Waals surface area contributed by atoms with E-state index >= 15 is 0 Å². The van der Waals surface area contributed by atoms with Gasteiger partial charge < -0.3 is 16.0 Å². The molecule has 1 aromatic rings. The predicted molar refractivity (Wildman–Crippen MR) is 105 cm³/mol. The van der Waals surface area contributed by atoms with Gasteiger partial charge in [-0.1, -0.05) is 26.0 Å². The van der Waals surface area contributed by atoms with E-state index in [-0.39, 0.29) is 22.8 Å². The van der Waals surface area contributed by atoms with Crippen molar-refractivity contribution in [1.29, 1.82) is 0 Å². The van der Waals surface area contributed by atoms with Crippen molar-refractivity contribution in [2.75, 3.05) is 19.6 Å². The van der Waals surface area contributed by atoms with Gasteiger partial charge >= 0.3 is 0 Å². The maximum atomic E-state index is 12.6. The van der Waals surface area contributed by atoms with E-state index in [2.05, 4.69) is 23.6 Å². The van der Waals surface area contributed by atoms with Gasteiger partial charge in [0.25, 0.3) is 10.0 Å². The standard InChI is InChI=1S/C19H28N4O3S/c1-13(2)11-15(12-20)21-19(24)14-7-9-23(10-8-14)18-16-5-3-4-6-17(16)27(25,26)22-18/h3-6,13-15H,7-12,20H2,1-2H3,(H,21,24). The zero-order valence-corrected chi connectivity index (χ0v) is 16.7. The summed E-state index contributed by atoms with van der Waals surface area (Å²) in [5.74, 6) is 0.954. The van der Waals surface area contributed by atoms with Crippen LogP contribution in [0.15, 0.2) is 33.6 Å². The number of hydrogen-bond donors (Lipinski definition) is 2. The second-order valence-corrected chi connectivity index (χ2v) is 9.29. The second kappa shape index (κ2) is 7.98. The molecular formula is C19H28N4O3S. The number of amidine groups is 1. The summed E-state index contributed by atoms with van der Waals surface area (Å²) in [6, 6.07) is 6.90. The Hall–Kier alpha value is -1.93. The van der Waals surface area contributed by atoms with Gasteiger partial charge in [-0.2, -0.15) is 8.42 Å². The molecule has 8 heteroatoms. The molecule has 3 rings (SSSR count). The van der Waals surface area contributed by atoms with Gasteiger partial charge in [0.2, 0.25) is 5.91 Å². The highest BCUT2D eigenvalue weighted by atomic mass is 32.2. The van der Waals surface area contributed by atoms with Gasteiger partial charge in [0, 0.05) is 37.2 Å². The van der Waals surface area contributed by atoms with E-state index in [9.17, 15) is 13.2 Å². The van der Waals surface area contributed by atoms with Gasteiger partial charge in [-0.3, -0.25) is 4.79 Å². The van der Waals surface area contributed by atoms with Crippen molar-refractivity contribution in [3.63, 3.8) is 0 Å². The largest absolute Gasteiger partial charge is 0.355 e. The lowest BCUT2D eigenvalue weighted by Gasteiger charge is -2.33. The number of carbonyl (C=O) groups is 1. The summed E-state index contributed by atoms with van der Waals surface area (Å²) in [6.07, 6.45) is 2.21. The van der Waals surface area contributed by atoms with Crippen LogP contribution in [0.5, 0.6) is 0 Å². The van der Waals surface area contributed by atoms with Gasteiger partial charge in [-0.15, -0.1) is 4.40 Å². The molecule has 1 unspecified atom stereocenters. The van der Waals surface area contributed by atoms with Crippen molar-refractivity contribution in [1.82, 2.24) is 10.2 Å². The molecule has 3 N–H and O–H groups in total. The van der Waals surface area contributed by atoms with E-state index < -0.39 is 10.0 Å². The lowest BCUT2D eigenvalue weighted by molar-refractivity contribution is -0.126. The quantitative estimate of drug-likeness (QED) is 0.787. The third-order valence-corrected chi connectivity index (χ3v) is 6.49. The molecule has 0 aliphatic carbocycles. The number of nitrogens with zero attached hydrogens (tertiary/aromatic N) is 2. The maximum absolute atomic E-state index is 12.6. The molecule has 1 saturated heterocycles. The first-order valence-electron chi connectivity index (χ1n) is 9.51. The summed E-state index contributed by atoms with van der Waals surface area (Å²) in [5.41, 5.74) is 6.43. The molecule has 0 bridgehead atoms. The lowest BCUT2D eigenvalue weighted by atomic mass is 9.94. The van der Waals surface area contributed by atoms with Crippen molar-refractivity contribution in [2.45, 2.75) is 44.0 Å². The summed E-state index contributed by atoms with van der Waals surface area (Å²) < 4.78 is 28.4. The van der Waals surface area contributed by atoms with E-state index in [1.54, 1.807) is 18.2 Å². The predicted octanol–water partition coefficient (Wildman–Crippen LogP) is 1.34. The van der Waals surface area contributed by atoms with Crippen molar-refractivity contribution in [3.05, 3.63) is 29.8 Å². The number of nitrogens with one attached hydrogen (secondary N) is 1. The molecule has 27 heavy (non-hydrogen) atoms. The second-order valence-electron chi connectivity index (χ2n) is 7.72. The number of sulfonamides is 1. The highest BCUT2D eigenvalue weighted by Crippen LogP contribution is 2.29. The van der Waals surface area contributed by atoms with Crippen LogP contribution in [0.25, 0.3) is 0 Å². The van der Waals surface area contributed by atoms with Crippen LogP contribution >= 0.6 is 0 Å². The number of hydrogen-bond acceptors (Lipinski definition) is 5. The summed E-state index contributed by atoms with van der Waals surface area (Å²) in [5, 5.41) is 3.07. The number of rotatable bonds is 5. The molecule has 0 radical (unpaired) electrons. The molecule has 1 fully saturated rings. The molecule has 0 aromatic heterocycles. The number of benzene rings is 1. The molecule has 2 aliphatic rings. The van der Waals surface area contributed by atoms with Crippen LogP contribution < -0.4 is 11.1 Å². The number of fused-ring (bicyclic) bond motifs is 1. The van der Waals surface area contributed by atoms with E-state index in [1.807, 2.05) is 11.0 Å². The Morgan fingerprint density at radius 2 is 1.96 bits per heavy atom. The highest BCUT2D eigenvalue weighted by molar-refractivity contribution is 7.90. The third kappa shape index (κ3) is 4.32. The van der Waals surface area contributed by atoms with Crippen LogP contribution in [0, 0.1) is 11.8 Å². The van der Waals surface area contributed by atoms with Crippen LogP contribution in [-0.2, 0) is 14.8 Å². The van der Waals surface area contributed by atoms with Crippen LogP contribution in [0.2, 0.25) is 0 Å². The summed E-state index contributed by atoms with van der Waals surface area (Å²) in [4.78, 5) is 14.8. The van der Waals surface area contributed by atoms with Crippen LogP contribution in [-0.4, -0.2) is 50.7 Å². The summed E-state index contributed by atoms with van der Waals surface area (Å²) in [7, 11) is -3.61. The Balaban J connectivity index is 1.62. The smallest absolute Gasteiger partial charge is 0.285 e. The van der Waals surface area contributed by atoms with E-state index in [1.165, 1.54) is 0 Å². The minimum atomic E-state index is -3.61. The zero-order chi connectivity index (χ0) is 19.6. The zero-order valence-electron chi connectivity index (χ0n) is 15.9. The maximum Gasteiger partial charge on any atom is 0.285 e. The molecule has 1 aromatic carbocycles. The van der Waals surface area contributed by atoms with E-state index in [4.69, 9.17) is 5.73 Å². The summed E-state index contributed by atoms with van der Waals surface area (Å²) >= 11 is 0. The van der Waals surface area contributed by atoms with Crippen LogP contribution in [0.4, 0.5) is 0 Å². The Morgan fingerprint density at radius 3 is 2.59 bits per heavy atom. The van der Waals surface area contributed by atoms with Crippen molar-refractivity contribution in [3.8, 4) is 0 Å². The number of carbonyl (C=O) groups excluding carboxylic acids is 1. The highest BCUT2D eigenvalue weighted by Gasteiger charge is 2.34. The SMILES string of the molecule is CC(C)CC(CN)NC(=O)C1CCN(C2=NS(=O)(=O)c3ccccc32)CC1. The first-order chi connectivity index (χ1) is 12.8. The molecule has 7 nitrogen and oxygen atoms in total. The number of likely N-dealkylation sites (tertiary alicyclic amines) is 1. The van der Waals surface area contributed by atoms with E-state index in [0.717, 1.165) is 6.42 Å². The average Bonchev–Trinajstić information content (AvgIpc) is 2.92. The van der Waals surface area contributed by atoms with Gasteiger partial charge in [-0.25, -0.2) is 0 Å². The van der Waals surface area contributed by atoms with Crippen LogP contribution in [0.3, 0.4) is 0 Å². The fraction of sp³-hybridized carbons (Fsp3) is 0.579. The molecule has 2 heterocycles. The Kier molecular flexibility index (Phi) is 5.86.